The summed E-state index contributed by atoms with van der Waals surface area (Å²) in [6.07, 6.45) is 0. The lowest BCUT2D eigenvalue weighted by Gasteiger charge is -2.17. The van der Waals surface area contributed by atoms with Crippen LogP contribution in [0.5, 0.6) is 0 Å². The third kappa shape index (κ3) is 1.89. The monoisotopic (exact) mass is 271 g/mol. The first-order valence-electron chi connectivity index (χ1n) is 6.19. The second-order valence-corrected chi connectivity index (χ2v) is 4.99. The highest BCUT2D eigenvalue weighted by Gasteiger charge is 2.16. The number of hydrogen-bond donors (Lipinski definition) is 2. The van der Waals surface area contributed by atoms with Crippen LogP contribution in [0.1, 0.15) is 11.6 Å². The SMILES string of the molecule is N[C@@H](CO)c1c2ccccc2c(Cl)c2ccccc12. The number of hydrogen-bond acceptors (Lipinski definition) is 2. The van der Waals surface area contributed by atoms with E-state index in [0.29, 0.717) is 0 Å². The number of benzene rings is 3. The van der Waals surface area contributed by atoms with Gasteiger partial charge < -0.3 is 10.8 Å². The van der Waals surface area contributed by atoms with E-state index in [1.807, 2.05) is 48.5 Å². The highest BCUT2D eigenvalue weighted by molar-refractivity contribution is 6.41. The summed E-state index contributed by atoms with van der Waals surface area (Å²) in [6.45, 7) is -0.0877. The third-order valence-electron chi connectivity index (χ3n) is 3.47. The van der Waals surface area contributed by atoms with Gasteiger partial charge in [-0.2, -0.15) is 0 Å². The molecule has 3 heteroatoms. The summed E-state index contributed by atoms with van der Waals surface area (Å²) < 4.78 is 0. The van der Waals surface area contributed by atoms with Crippen molar-refractivity contribution in [3.8, 4) is 0 Å². The molecule has 0 unspecified atom stereocenters. The summed E-state index contributed by atoms with van der Waals surface area (Å²) in [5.74, 6) is 0. The van der Waals surface area contributed by atoms with E-state index in [9.17, 15) is 5.11 Å². The Balaban J connectivity index is 2.56. The molecule has 0 amide bonds. The number of fused-ring (bicyclic) bond motifs is 2. The van der Waals surface area contributed by atoms with E-state index in [-0.39, 0.29) is 6.61 Å². The number of aliphatic hydroxyl groups excluding tert-OH is 1. The quantitative estimate of drug-likeness (QED) is 0.699. The smallest absolute Gasteiger partial charge is 0.0624 e. The predicted octanol–water partition coefficient (Wildman–Crippen LogP) is 3.64. The van der Waals surface area contributed by atoms with E-state index < -0.39 is 6.04 Å². The summed E-state index contributed by atoms with van der Waals surface area (Å²) in [7, 11) is 0. The topological polar surface area (TPSA) is 46.2 Å². The Morgan fingerprint density at radius 3 is 1.74 bits per heavy atom. The molecule has 0 radical (unpaired) electrons. The van der Waals surface area contributed by atoms with Crippen LogP contribution < -0.4 is 5.73 Å². The molecule has 0 spiro atoms. The van der Waals surface area contributed by atoms with E-state index >= 15 is 0 Å². The summed E-state index contributed by atoms with van der Waals surface area (Å²) >= 11 is 6.49. The maximum atomic E-state index is 9.42. The molecule has 96 valence electrons. The first kappa shape index (κ1) is 12.4. The van der Waals surface area contributed by atoms with Crippen LogP contribution in [0.3, 0.4) is 0 Å². The lowest BCUT2D eigenvalue weighted by molar-refractivity contribution is 0.269. The van der Waals surface area contributed by atoms with Crippen molar-refractivity contribution in [2.24, 2.45) is 5.73 Å². The van der Waals surface area contributed by atoms with Gasteiger partial charge in [0, 0.05) is 10.8 Å². The van der Waals surface area contributed by atoms with Crippen LogP contribution in [0.15, 0.2) is 48.5 Å². The van der Waals surface area contributed by atoms with Gasteiger partial charge in [-0.25, -0.2) is 0 Å². The summed E-state index contributed by atoms with van der Waals surface area (Å²) in [5.41, 5.74) is 7.04. The second-order valence-electron chi connectivity index (χ2n) is 4.61. The van der Waals surface area contributed by atoms with Crippen molar-refractivity contribution in [2.45, 2.75) is 6.04 Å². The summed E-state index contributed by atoms with van der Waals surface area (Å²) in [4.78, 5) is 0. The lowest BCUT2D eigenvalue weighted by atomic mass is 9.93. The molecule has 2 nitrogen and oxygen atoms in total. The Kier molecular flexibility index (Phi) is 3.15. The predicted molar refractivity (Wildman–Crippen MR) is 80.5 cm³/mol. The number of rotatable bonds is 2. The molecule has 19 heavy (non-hydrogen) atoms. The molecule has 3 N–H and O–H groups in total. The molecule has 0 saturated carbocycles. The first-order valence-corrected chi connectivity index (χ1v) is 6.57. The Morgan fingerprint density at radius 2 is 1.32 bits per heavy atom. The van der Waals surface area contributed by atoms with Gasteiger partial charge in [0.25, 0.3) is 0 Å². The minimum absolute atomic E-state index is 0.0877. The molecule has 0 saturated heterocycles. The Hall–Kier alpha value is -1.61. The third-order valence-corrected chi connectivity index (χ3v) is 3.88. The van der Waals surface area contributed by atoms with Crippen LogP contribution in [0, 0.1) is 0 Å². The van der Waals surface area contributed by atoms with Crippen molar-refractivity contribution in [1.29, 1.82) is 0 Å². The van der Waals surface area contributed by atoms with E-state index in [2.05, 4.69) is 0 Å². The van der Waals surface area contributed by atoms with Gasteiger partial charge in [-0.1, -0.05) is 60.1 Å². The van der Waals surface area contributed by atoms with Crippen LogP contribution >= 0.6 is 11.6 Å². The minimum atomic E-state index is -0.410. The van der Waals surface area contributed by atoms with Crippen LogP contribution in [0.25, 0.3) is 21.5 Å². The van der Waals surface area contributed by atoms with Crippen LogP contribution in [-0.2, 0) is 0 Å². The minimum Gasteiger partial charge on any atom is -0.394 e. The molecule has 0 fully saturated rings. The highest BCUT2D eigenvalue weighted by Crippen LogP contribution is 2.38. The Bertz CT molecular complexity index is 697. The first-order chi connectivity index (χ1) is 9.24. The highest BCUT2D eigenvalue weighted by atomic mass is 35.5. The number of aliphatic hydroxyl groups is 1. The molecule has 0 aliphatic rings. The maximum absolute atomic E-state index is 9.42. The fourth-order valence-electron chi connectivity index (χ4n) is 2.60. The normalized spacial score (nSPS) is 13.0. The number of nitrogens with two attached hydrogens (primary N) is 1. The lowest BCUT2D eigenvalue weighted by Crippen LogP contribution is -2.15. The van der Waals surface area contributed by atoms with Crippen molar-refractivity contribution < 1.29 is 5.11 Å². The molecule has 0 aliphatic heterocycles. The number of halogens is 1. The van der Waals surface area contributed by atoms with Gasteiger partial charge in [0.05, 0.1) is 17.7 Å². The molecule has 0 bridgehead atoms. The zero-order valence-electron chi connectivity index (χ0n) is 10.3. The fourth-order valence-corrected chi connectivity index (χ4v) is 2.93. The molecular weight excluding hydrogens is 258 g/mol. The maximum Gasteiger partial charge on any atom is 0.0624 e. The van der Waals surface area contributed by atoms with Gasteiger partial charge in [-0.05, 0) is 16.3 Å². The van der Waals surface area contributed by atoms with E-state index in [0.717, 1.165) is 32.1 Å². The molecule has 3 aromatic carbocycles. The van der Waals surface area contributed by atoms with Gasteiger partial charge in [0.2, 0.25) is 0 Å². The zero-order valence-corrected chi connectivity index (χ0v) is 11.1. The Labute approximate surface area is 116 Å². The van der Waals surface area contributed by atoms with Crippen molar-refractivity contribution in [3.63, 3.8) is 0 Å². The molecule has 3 rings (SSSR count). The molecule has 1 atom stereocenters. The molecule has 0 aliphatic carbocycles. The van der Waals surface area contributed by atoms with Gasteiger partial charge in [0.1, 0.15) is 0 Å². The molecular formula is C16H14ClNO. The summed E-state index contributed by atoms with van der Waals surface area (Å²) in [5, 5.41) is 14.1. The Morgan fingerprint density at radius 1 is 0.895 bits per heavy atom. The van der Waals surface area contributed by atoms with E-state index in [1.165, 1.54) is 0 Å². The van der Waals surface area contributed by atoms with Gasteiger partial charge in [-0.3, -0.25) is 0 Å². The van der Waals surface area contributed by atoms with Crippen LogP contribution in [0.4, 0.5) is 0 Å². The average molecular weight is 272 g/mol. The molecule has 3 aromatic rings. The standard InChI is InChI=1S/C16H14ClNO/c17-16-12-7-3-1-5-10(12)15(14(18)9-19)11-6-2-4-8-13(11)16/h1-8,14,19H,9,18H2/t14-/m0/s1. The van der Waals surface area contributed by atoms with Gasteiger partial charge in [-0.15, -0.1) is 0 Å². The largest absolute Gasteiger partial charge is 0.394 e. The van der Waals surface area contributed by atoms with E-state index in [1.54, 1.807) is 0 Å². The van der Waals surface area contributed by atoms with Crippen LogP contribution in [-0.4, -0.2) is 11.7 Å². The summed E-state index contributed by atoms with van der Waals surface area (Å²) in [6, 6.07) is 15.4. The van der Waals surface area contributed by atoms with Crippen molar-refractivity contribution in [3.05, 3.63) is 59.1 Å². The van der Waals surface area contributed by atoms with Crippen molar-refractivity contribution in [2.75, 3.05) is 6.61 Å². The fraction of sp³-hybridized carbons (Fsp3) is 0.125. The molecule has 0 aromatic heterocycles. The molecule has 0 heterocycles. The van der Waals surface area contributed by atoms with E-state index in [4.69, 9.17) is 17.3 Å². The van der Waals surface area contributed by atoms with Crippen molar-refractivity contribution >= 4 is 33.1 Å². The average Bonchev–Trinajstić information content (AvgIpc) is 2.47. The van der Waals surface area contributed by atoms with Gasteiger partial charge >= 0.3 is 0 Å². The van der Waals surface area contributed by atoms with Crippen molar-refractivity contribution in [1.82, 2.24) is 0 Å². The second kappa shape index (κ2) is 4.82. The van der Waals surface area contributed by atoms with Gasteiger partial charge in [0.15, 0.2) is 0 Å². The van der Waals surface area contributed by atoms with Crippen LogP contribution in [0.2, 0.25) is 5.02 Å². The zero-order chi connectivity index (χ0) is 13.4.